The molecule has 0 saturated carbocycles. The first kappa shape index (κ1) is 26.4. The highest BCUT2D eigenvalue weighted by atomic mass is 16.8. The van der Waals surface area contributed by atoms with Crippen LogP contribution in [-0.4, -0.2) is 70.5 Å². The summed E-state index contributed by atoms with van der Waals surface area (Å²) in [5, 5.41) is 8.52. The Hall–Kier alpha value is -4.54. The second-order valence-electron chi connectivity index (χ2n) is 10.7. The van der Waals surface area contributed by atoms with Gasteiger partial charge < -0.3 is 24.0 Å². The fourth-order valence-electron chi connectivity index (χ4n) is 5.52. The highest BCUT2D eigenvalue weighted by Crippen LogP contribution is 2.35. The van der Waals surface area contributed by atoms with Crippen LogP contribution >= 0.6 is 0 Å². The fraction of sp³-hybridized carbons (Fsp3) is 0.312. The van der Waals surface area contributed by atoms with Crippen molar-refractivity contribution in [3.05, 3.63) is 103 Å². The Labute approximate surface area is 244 Å². The maximum atomic E-state index is 6.49. The minimum atomic E-state index is -1.17. The van der Waals surface area contributed by atoms with Gasteiger partial charge in [0.05, 0.1) is 36.2 Å². The molecule has 5 aromatic rings. The van der Waals surface area contributed by atoms with Crippen molar-refractivity contribution in [3.8, 4) is 5.75 Å². The number of aryl methyl sites for hydroxylation is 1. The topological polar surface area (TPSA) is 90.7 Å². The number of rotatable bonds is 8. The molecule has 2 unspecified atom stereocenters. The molecule has 0 aliphatic carbocycles. The van der Waals surface area contributed by atoms with Crippen LogP contribution in [0.25, 0.3) is 11.0 Å². The van der Waals surface area contributed by atoms with Crippen molar-refractivity contribution in [1.82, 2.24) is 25.0 Å². The summed E-state index contributed by atoms with van der Waals surface area (Å²) in [6.07, 6.45) is 4.66. The van der Waals surface area contributed by atoms with Gasteiger partial charge in [-0.3, -0.25) is 4.98 Å². The molecule has 0 N–H and O–H groups in total. The second-order valence-corrected chi connectivity index (χ2v) is 10.7. The number of piperazine rings is 1. The largest absolute Gasteiger partial charge is 0.491 e. The Bertz CT molecular complexity index is 1620. The Balaban J connectivity index is 0.980. The van der Waals surface area contributed by atoms with Crippen LogP contribution in [-0.2, 0) is 21.8 Å². The van der Waals surface area contributed by atoms with Crippen molar-refractivity contribution in [1.29, 1.82) is 0 Å². The van der Waals surface area contributed by atoms with E-state index in [0.717, 1.165) is 43.0 Å². The summed E-state index contributed by atoms with van der Waals surface area (Å²) in [6.45, 7) is 7.00. The first-order chi connectivity index (χ1) is 20.6. The number of nitrogens with zero attached hydrogens (tertiary/aromatic N) is 7. The van der Waals surface area contributed by atoms with Crippen LogP contribution in [0.5, 0.6) is 5.75 Å². The molecule has 4 heterocycles. The molecule has 2 aliphatic heterocycles. The van der Waals surface area contributed by atoms with E-state index in [1.54, 1.807) is 23.4 Å². The van der Waals surface area contributed by atoms with Crippen LogP contribution in [0.15, 0.2) is 91.4 Å². The summed E-state index contributed by atoms with van der Waals surface area (Å²) >= 11 is 0. The van der Waals surface area contributed by atoms with Crippen molar-refractivity contribution in [2.24, 2.45) is 0 Å². The fourth-order valence-corrected chi connectivity index (χ4v) is 5.52. The molecule has 7 rings (SSSR count). The van der Waals surface area contributed by atoms with Crippen LogP contribution in [0, 0.1) is 6.92 Å². The van der Waals surface area contributed by atoms with Crippen molar-refractivity contribution in [2.45, 2.75) is 25.4 Å². The molecular weight excluding hydrogens is 530 g/mol. The first-order valence-corrected chi connectivity index (χ1v) is 14.3. The highest BCUT2D eigenvalue weighted by molar-refractivity contribution is 5.73. The zero-order chi connectivity index (χ0) is 28.4. The number of anilines is 2. The van der Waals surface area contributed by atoms with Gasteiger partial charge in [-0.05, 0) is 55.5 Å². The number of hydrogen-bond acceptors (Lipinski definition) is 9. The van der Waals surface area contributed by atoms with E-state index in [2.05, 4.69) is 68.3 Å². The third kappa shape index (κ3) is 5.50. The molecule has 0 bridgehead atoms. The number of para-hydroxylation sites is 2. The molecular formula is C32H33N7O3. The molecule has 10 nitrogen and oxygen atoms in total. The number of benzene rings is 3. The maximum absolute atomic E-state index is 6.49. The molecule has 0 spiro atoms. The molecule has 3 aromatic carbocycles. The molecule has 2 fully saturated rings. The number of fused-ring (bicyclic) bond motifs is 1. The van der Waals surface area contributed by atoms with Gasteiger partial charge in [0.15, 0.2) is 0 Å². The minimum absolute atomic E-state index is 0.245. The summed E-state index contributed by atoms with van der Waals surface area (Å²) in [5.41, 5.74) is 5.94. The van der Waals surface area contributed by atoms with Gasteiger partial charge in [0.1, 0.15) is 30.7 Å². The first-order valence-electron chi connectivity index (χ1n) is 14.3. The minimum Gasteiger partial charge on any atom is -0.491 e. The number of ether oxygens (including phenoxy) is 3. The lowest BCUT2D eigenvalue weighted by atomic mass is 10.2. The quantitative estimate of drug-likeness (QED) is 0.275. The molecule has 0 radical (unpaired) electrons. The van der Waals surface area contributed by atoms with Crippen molar-refractivity contribution < 1.29 is 14.2 Å². The van der Waals surface area contributed by atoms with Gasteiger partial charge in [-0.15, -0.1) is 0 Å². The molecule has 2 atom stereocenters. The third-order valence-corrected chi connectivity index (χ3v) is 7.83. The van der Waals surface area contributed by atoms with E-state index in [9.17, 15) is 0 Å². The van der Waals surface area contributed by atoms with Crippen molar-refractivity contribution in [2.75, 3.05) is 49.2 Å². The lowest BCUT2D eigenvalue weighted by Gasteiger charge is -2.37. The Morgan fingerprint density at radius 2 is 1.48 bits per heavy atom. The van der Waals surface area contributed by atoms with Crippen LogP contribution < -0.4 is 14.5 Å². The van der Waals surface area contributed by atoms with E-state index < -0.39 is 5.79 Å². The van der Waals surface area contributed by atoms with Gasteiger partial charge in [0.2, 0.25) is 5.79 Å². The van der Waals surface area contributed by atoms with Crippen LogP contribution in [0.4, 0.5) is 11.4 Å². The lowest BCUT2D eigenvalue weighted by molar-refractivity contribution is -0.195. The lowest BCUT2D eigenvalue weighted by Crippen LogP contribution is -2.46. The normalized spacial score (nSPS) is 20.7. The summed E-state index contributed by atoms with van der Waals surface area (Å²) in [7, 11) is 0. The molecule has 10 heteroatoms. The van der Waals surface area contributed by atoms with E-state index in [4.69, 9.17) is 19.2 Å². The van der Waals surface area contributed by atoms with Crippen LogP contribution in [0.2, 0.25) is 0 Å². The van der Waals surface area contributed by atoms with Crippen molar-refractivity contribution in [3.63, 3.8) is 0 Å². The Morgan fingerprint density at radius 3 is 2.17 bits per heavy atom. The molecule has 2 aliphatic rings. The Kier molecular flexibility index (Phi) is 7.15. The maximum Gasteiger partial charge on any atom is 0.236 e. The monoisotopic (exact) mass is 563 g/mol. The van der Waals surface area contributed by atoms with Gasteiger partial charge in [0.25, 0.3) is 0 Å². The summed E-state index contributed by atoms with van der Waals surface area (Å²) in [5.74, 6) is -0.383. The van der Waals surface area contributed by atoms with E-state index in [0.29, 0.717) is 18.9 Å². The summed E-state index contributed by atoms with van der Waals surface area (Å²) in [6, 6.07) is 24.8. The smallest absolute Gasteiger partial charge is 0.236 e. The van der Waals surface area contributed by atoms with Gasteiger partial charge in [-0.25, -0.2) is 4.98 Å². The molecule has 2 saturated heterocycles. The molecule has 0 amide bonds. The van der Waals surface area contributed by atoms with E-state index in [-0.39, 0.29) is 12.6 Å². The zero-order valence-corrected chi connectivity index (χ0v) is 23.5. The van der Waals surface area contributed by atoms with Crippen LogP contribution in [0.3, 0.4) is 0 Å². The second kappa shape index (κ2) is 11.4. The van der Waals surface area contributed by atoms with E-state index in [1.165, 1.54) is 16.9 Å². The average molecular weight is 564 g/mol. The Morgan fingerprint density at radius 1 is 0.833 bits per heavy atom. The zero-order valence-electron chi connectivity index (χ0n) is 23.5. The molecule has 2 aromatic heterocycles. The third-order valence-electron chi connectivity index (χ3n) is 7.83. The predicted molar refractivity (Wildman–Crippen MR) is 160 cm³/mol. The number of hydrogen-bond donors (Lipinski definition) is 0. The predicted octanol–water partition coefficient (Wildman–Crippen LogP) is 4.20. The average Bonchev–Trinajstić information content (AvgIpc) is 3.71. The summed E-state index contributed by atoms with van der Waals surface area (Å²) in [4.78, 5) is 15.8. The number of aromatic nitrogens is 5. The standard InChI is InChI=1S/C32H33N7O3/c1-24-6-8-25(9-7-24)37-16-18-38(19-17-37)26-10-12-27(13-11-26)40-21-28-22-41-32(42-28,23-39-34-14-15-35-39)31-20-33-29-4-2-3-5-30(29)36-31/h2-15,20,28H,16-19,21-23H2,1H3. The SMILES string of the molecule is Cc1ccc(N2CCN(c3ccc(OCC4COC(Cn5nccn5)(c5cnc6ccccc6n5)O4)cc3)CC2)cc1. The van der Waals surface area contributed by atoms with Gasteiger partial charge in [-0.2, -0.15) is 15.0 Å². The van der Waals surface area contributed by atoms with E-state index in [1.807, 2.05) is 36.4 Å². The van der Waals surface area contributed by atoms with E-state index >= 15 is 0 Å². The highest BCUT2D eigenvalue weighted by Gasteiger charge is 2.46. The van der Waals surface area contributed by atoms with Crippen molar-refractivity contribution >= 4 is 22.4 Å². The van der Waals surface area contributed by atoms with Gasteiger partial charge in [0, 0.05) is 37.6 Å². The summed E-state index contributed by atoms with van der Waals surface area (Å²) < 4.78 is 18.9. The van der Waals surface area contributed by atoms with Gasteiger partial charge >= 0.3 is 0 Å². The van der Waals surface area contributed by atoms with Gasteiger partial charge in [-0.1, -0.05) is 29.8 Å². The van der Waals surface area contributed by atoms with Crippen LogP contribution in [0.1, 0.15) is 11.3 Å². The molecule has 214 valence electrons. The molecule has 42 heavy (non-hydrogen) atoms.